The van der Waals surface area contributed by atoms with Crippen LogP contribution >= 0.6 is 11.6 Å². The number of morpholine rings is 1. The van der Waals surface area contributed by atoms with Crippen LogP contribution in [0.2, 0.25) is 5.02 Å². The van der Waals surface area contributed by atoms with Gasteiger partial charge in [0, 0.05) is 77.1 Å². The van der Waals surface area contributed by atoms with Crippen molar-refractivity contribution in [2.45, 2.75) is 82.5 Å². The zero-order valence-corrected chi connectivity index (χ0v) is 38.0. The van der Waals surface area contributed by atoms with Crippen LogP contribution in [-0.4, -0.2) is 160 Å². The van der Waals surface area contributed by atoms with Crippen LogP contribution in [0.3, 0.4) is 0 Å². The minimum Gasteiger partial charge on any atom is -0.497 e. The lowest BCUT2D eigenvalue weighted by molar-refractivity contribution is -0.144. The average Bonchev–Trinajstić information content (AvgIpc) is 3.48. The van der Waals surface area contributed by atoms with E-state index in [1.165, 1.54) is 11.0 Å². The van der Waals surface area contributed by atoms with Gasteiger partial charge in [-0.15, -0.1) is 0 Å². The Kier molecular flexibility index (Phi) is 16.6. The van der Waals surface area contributed by atoms with Crippen LogP contribution in [0.1, 0.15) is 68.1 Å². The Morgan fingerprint density at radius 1 is 0.877 bits per heavy atom. The fourth-order valence-corrected chi connectivity index (χ4v) is 10.2. The topological polar surface area (TPSA) is 159 Å². The molecule has 358 valence electrons. The fourth-order valence-electron chi connectivity index (χ4n) is 9.94. The van der Waals surface area contributed by atoms with E-state index in [2.05, 4.69) is 15.1 Å². The van der Waals surface area contributed by atoms with Crippen molar-refractivity contribution in [2.24, 2.45) is 11.8 Å². The first-order chi connectivity index (χ1) is 31.2. The predicted molar refractivity (Wildman–Crippen MR) is 238 cm³/mol. The number of urea groups is 1. The van der Waals surface area contributed by atoms with Gasteiger partial charge < -0.3 is 49.6 Å². The largest absolute Gasteiger partial charge is 0.497 e. The number of nitrogens with one attached hydrogen (secondary N) is 1. The van der Waals surface area contributed by atoms with Crippen molar-refractivity contribution in [2.75, 3.05) is 110 Å². The summed E-state index contributed by atoms with van der Waals surface area (Å²) >= 11 is 6.18. The summed E-state index contributed by atoms with van der Waals surface area (Å²) in [5.41, 5.74) is 5.72. The number of nitrogen functional groups attached to an aromatic ring is 1. The summed E-state index contributed by atoms with van der Waals surface area (Å²) in [6.07, 6.45) is -1.11. The van der Waals surface area contributed by atoms with E-state index in [-0.39, 0.29) is 48.1 Å². The highest BCUT2D eigenvalue weighted by Crippen LogP contribution is 2.39. The number of benzene rings is 2. The minimum absolute atomic E-state index is 0.0610. The molecule has 0 aliphatic carbocycles. The summed E-state index contributed by atoms with van der Waals surface area (Å²) in [5, 5.41) is 2.68. The summed E-state index contributed by atoms with van der Waals surface area (Å²) in [7, 11) is 1.59. The van der Waals surface area contributed by atoms with E-state index in [4.69, 9.17) is 36.3 Å². The Morgan fingerprint density at radius 2 is 1.54 bits per heavy atom. The highest BCUT2D eigenvalue weighted by atomic mass is 35.5. The molecule has 5 aliphatic rings. The van der Waals surface area contributed by atoms with Gasteiger partial charge in [-0.3, -0.25) is 14.5 Å². The molecule has 7 rings (SSSR count). The van der Waals surface area contributed by atoms with Crippen LogP contribution in [0.5, 0.6) is 5.75 Å². The molecule has 4 amide bonds. The van der Waals surface area contributed by atoms with E-state index in [0.29, 0.717) is 76.1 Å². The molecule has 1 atom stereocenters. The van der Waals surface area contributed by atoms with Crippen LogP contribution in [-0.2, 0) is 42.8 Å². The number of rotatable bonds is 14. The number of halogens is 4. The van der Waals surface area contributed by atoms with Crippen molar-refractivity contribution in [1.82, 2.24) is 24.5 Å². The third-order valence-electron chi connectivity index (χ3n) is 13.8. The molecule has 4 fully saturated rings. The van der Waals surface area contributed by atoms with E-state index in [1.807, 2.05) is 12.1 Å². The third kappa shape index (κ3) is 12.9. The van der Waals surface area contributed by atoms with E-state index in [1.54, 1.807) is 23.0 Å². The normalized spacial score (nSPS) is 20.4. The first kappa shape index (κ1) is 48.4. The molecule has 19 heteroatoms. The highest BCUT2D eigenvalue weighted by molar-refractivity contribution is 6.33. The molecular formula is C46H63ClF3N7O8. The molecular weight excluding hydrogens is 871 g/mol. The number of ether oxygens (including phenoxy) is 4. The molecule has 2 aromatic rings. The summed E-state index contributed by atoms with van der Waals surface area (Å²) in [4.78, 5) is 63.3. The number of hydrogen-bond acceptors (Lipinski definition) is 11. The molecule has 0 aromatic heterocycles. The number of amides is 4. The molecule has 2 aromatic carbocycles. The molecule has 4 saturated heterocycles. The van der Waals surface area contributed by atoms with Crippen LogP contribution in [0.15, 0.2) is 30.3 Å². The van der Waals surface area contributed by atoms with Gasteiger partial charge in [-0.25, -0.2) is 9.59 Å². The number of nitrogens with two attached hydrogens (primary N) is 1. The summed E-state index contributed by atoms with van der Waals surface area (Å²) in [6, 6.07) is 7.28. The summed E-state index contributed by atoms with van der Waals surface area (Å²) < 4.78 is 64.1. The molecule has 0 spiro atoms. The first-order valence-electron chi connectivity index (χ1n) is 23.1. The zero-order chi connectivity index (χ0) is 46.1. The van der Waals surface area contributed by atoms with Gasteiger partial charge in [0.2, 0.25) is 0 Å². The number of methoxy groups -OCH3 is 1. The zero-order valence-electron chi connectivity index (χ0n) is 37.3. The van der Waals surface area contributed by atoms with Crippen LogP contribution in [0, 0.1) is 11.8 Å². The Morgan fingerprint density at radius 3 is 2.22 bits per heavy atom. The molecule has 0 bridgehead atoms. The van der Waals surface area contributed by atoms with Gasteiger partial charge in [0.15, 0.2) is 6.10 Å². The smallest absolute Gasteiger partial charge is 0.418 e. The Labute approximate surface area is 383 Å². The SMILES string of the molecule is COc1ccc2c(c1)CCN(C1CCN(C(=O)O[C@H](Cc3cc(Cl)c(N)c(C(F)(F)F)c3)C(=O)N3CCC(C4CCN(CCC(=O)OCCCN5CCOCC5)CC4)CC3)CC1)C(=O)N2. The number of likely N-dealkylation sites (tertiary alicyclic amines) is 3. The van der Waals surface area contributed by atoms with Crippen molar-refractivity contribution in [3.05, 3.63) is 52.0 Å². The van der Waals surface area contributed by atoms with Gasteiger partial charge in [0.05, 0.1) is 49.6 Å². The van der Waals surface area contributed by atoms with Crippen LogP contribution in [0.4, 0.5) is 34.1 Å². The number of hydrogen-bond donors (Lipinski definition) is 2. The number of anilines is 2. The second-order valence-electron chi connectivity index (χ2n) is 17.8. The maximum absolute atomic E-state index is 14.3. The first-order valence-corrected chi connectivity index (χ1v) is 23.5. The van der Waals surface area contributed by atoms with Crippen molar-refractivity contribution in [1.29, 1.82) is 0 Å². The number of nitrogens with zero attached hydrogens (tertiary/aromatic N) is 5. The lowest BCUT2D eigenvalue weighted by Gasteiger charge is -2.41. The van der Waals surface area contributed by atoms with Gasteiger partial charge in [0.25, 0.3) is 5.91 Å². The van der Waals surface area contributed by atoms with Crippen molar-refractivity contribution < 1.29 is 51.3 Å². The number of esters is 1. The number of alkyl halides is 3. The maximum Gasteiger partial charge on any atom is 0.418 e. The molecule has 0 radical (unpaired) electrons. The van der Waals surface area contributed by atoms with E-state index >= 15 is 0 Å². The van der Waals surface area contributed by atoms with Gasteiger partial charge in [-0.1, -0.05) is 11.6 Å². The van der Waals surface area contributed by atoms with Crippen molar-refractivity contribution >= 4 is 47.0 Å². The second kappa shape index (κ2) is 22.3. The van der Waals surface area contributed by atoms with Crippen molar-refractivity contribution in [3.63, 3.8) is 0 Å². The van der Waals surface area contributed by atoms with Crippen LogP contribution < -0.4 is 15.8 Å². The quantitative estimate of drug-likeness (QED) is 0.127. The number of piperidine rings is 3. The summed E-state index contributed by atoms with van der Waals surface area (Å²) in [6.45, 7) is 8.88. The van der Waals surface area contributed by atoms with Gasteiger partial charge in [-0.05, 0) is 118 Å². The average molecular weight is 934 g/mol. The lowest BCUT2D eigenvalue weighted by Crippen LogP contribution is -2.52. The van der Waals surface area contributed by atoms with Gasteiger partial charge in [0.1, 0.15) is 5.75 Å². The molecule has 5 aliphatic heterocycles. The number of carbonyl (C=O) groups excluding carboxylic acids is 4. The highest BCUT2D eigenvalue weighted by Gasteiger charge is 2.39. The van der Waals surface area contributed by atoms with Gasteiger partial charge >= 0.3 is 24.3 Å². The molecule has 0 saturated carbocycles. The van der Waals surface area contributed by atoms with E-state index in [9.17, 15) is 32.3 Å². The summed E-state index contributed by atoms with van der Waals surface area (Å²) in [5.74, 6) is 0.894. The standard InChI is InChI=1S/C46H63ClF3N7O8/c1-62-36-3-4-39-34(30-36)9-21-57(44(60)52-39)35-10-19-56(20-11-35)45(61)65-40(29-31-27-37(46(48,49)50)42(51)38(47)28-31)43(59)55-17-7-33(8-18-55)32-5-14-54(15-6-32)16-12-41(58)64-24-2-13-53-22-25-63-26-23-53/h3-4,27-28,30,32-33,35,40H,2,5-26,29,51H2,1H3,(H,52,60)/t40-/m1/s1. The number of fused-ring (bicyclic) bond motifs is 1. The van der Waals surface area contributed by atoms with Crippen molar-refractivity contribution in [3.8, 4) is 5.75 Å². The number of carbonyl (C=O) groups is 4. The van der Waals surface area contributed by atoms with E-state index < -0.39 is 35.5 Å². The lowest BCUT2D eigenvalue weighted by atomic mass is 9.78. The third-order valence-corrected chi connectivity index (χ3v) is 14.1. The molecule has 15 nitrogen and oxygen atoms in total. The minimum atomic E-state index is -4.79. The van der Waals surface area contributed by atoms with Gasteiger partial charge in [-0.2, -0.15) is 13.2 Å². The molecule has 0 unspecified atom stereocenters. The second-order valence-corrected chi connectivity index (χ2v) is 18.3. The molecule has 3 N–H and O–H groups in total. The van der Waals surface area contributed by atoms with E-state index in [0.717, 1.165) is 95.4 Å². The monoisotopic (exact) mass is 933 g/mol. The van der Waals surface area contributed by atoms with Crippen LogP contribution in [0.25, 0.3) is 0 Å². The Hall–Kier alpha value is -4.52. The molecule has 5 heterocycles. The fraction of sp³-hybridized carbons (Fsp3) is 0.652. The predicted octanol–water partition coefficient (Wildman–Crippen LogP) is 6.16. The maximum atomic E-state index is 14.3. The Balaban J connectivity index is 0.902. The Bertz CT molecular complexity index is 1970. The molecule has 65 heavy (non-hydrogen) atoms.